The number of aryl methyl sites for hydroxylation is 1. The van der Waals surface area contributed by atoms with Gasteiger partial charge in [-0.05, 0) is 60.0 Å². The molecule has 0 saturated heterocycles. The fourth-order valence-electron chi connectivity index (χ4n) is 4.18. The van der Waals surface area contributed by atoms with Crippen LogP contribution in [0.25, 0.3) is 0 Å². The fourth-order valence-corrected chi connectivity index (χ4v) is 5.64. The monoisotopic (exact) mass is 564 g/mol. The van der Waals surface area contributed by atoms with Crippen molar-refractivity contribution in [2.24, 2.45) is 10.1 Å². The molecule has 6 nitrogen and oxygen atoms in total. The predicted octanol–water partition coefficient (Wildman–Crippen LogP) is 6.07. The van der Waals surface area contributed by atoms with Crippen molar-refractivity contribution in [2.75, 3.05) is 5.32 Å². The van der Waals surface area contributed by atoms with Crippen LogP contribution in [-0.4, -0.2) is 33.0 Å². The molecule has 2 unspecified atom stereocenters. The van der Waals surface area contributed by atoms with Crippen molar-refractivity contribution >= 4 is 56.1 Å². The van der Waals surface area contributed by atoms with Gasteiger partial charge in [-0.3, -0.25) is 9.59 Å². The molecule has 36 heavy (non-hydrogen) atoms. The van der Waals surface area contributed by atoms with Crippen molar-refractivity contribution in [2.45, 2.75) is 31.1 Å². The maximum Gasteiger partial charge on any atom is 0.262 e. The number of carbonyl (C=O) groups is 2. The summed E-state index contributed by atoms with van der Waals surface area (Å²) in [5, 5.41) is 9.20. The number of aliphatic imine (C=N–C) groups is 1. The first-order chi connectivity index (χ1) is 17.4. The van der Waals surface area contributed by atoms with Crippen LogP contribution in [0.15, 0.2) is 87.4 Å². The van der Waals surface area contributed by atoms with Crippen LogP contribution in [0.5, 0.6) is 0 Å². The van der Waals surface area contributed by atoms with Gasteiger partial charge in [-0.2, -0.15) is 10.1 Å². The zero-order valence-electron chi connectivity index (χ0n) is 19.3. The number of anilines is 1. The Bertz CT molecular complexity index is 1390. The molecule has 0 bridgehead atoms. The second-order valence-corrected chi connectivity index (χ2v) is 10.7. The standard InChI is InChI=1S/C27H22BrFN4O2S/c1-16-4-2-7-21(12-16)30-25(34)15-24-26(35)31-27(36-24)33-23(17-8-10-20(29)11-9-17)14-22(32-33)18-5-3-6-19(28)13-18/h2-13,23-24H,14-15H2,1H3,(H,30,34). The molecule has 1 N–H and O–H groups in total. The Labute approximate surface area is 220 Å². The first-order valence-electron chi connectivity index (χ1n) is 11.4. The van der Waals surface area contributed by atoms with Crippen molar-refractivity contribution in [3.8, 4) is 0 Å². The minimum absolute atomic E-state index is 0.00169. The summed E-state index contributed by atoms with van der Waals surface area (Å²) in [4.78, 5) is 29.6. The zero-order chi connectivity index (χ0) is 25.2. The van der Waals surface area contributed by atoms with E-state index in [4.69, 9.17) is 5.10 Å². The third-order valence-electron chi connectivity index (χ3n) is 5.92. The van der Waals surface area contributed by atoms with Gasteiger partial charge >= 0.3 is 0 Å². The van der Waals surface area contributed by atoms with Crippen LogP contribution in [0.2, 0.25) is 0 Å². The van der Waals surface area contributed by atoms with Gasteiger partial charge < -0.3 is 5.32 Å². The van der Waals surface area contributed by atoms with Crippen molar-refractivity contribution in [1.29, 1.82) is 0 Å². The molecule has 2 atom stereocenters. The Balaban J connectivity index is 1.36. The summed E-state index contributed by atoms with van der Waals surface area (Å²) < 4.78 is 14.5. The van der Waals surface area contributed by atoms with E-state index >= 15 is 0 Å². The number of amides is 2. The van der Waals surface area contributed by atoms with E-state index in [-0.39, 0.29) is 30.1 Å². The van der Waals surface area contributed by atoms with E-state index in [1.807, 2.05) is 55.5 Å². The van der Waals surface area contributed by atoms with Crippen molar-refractivity contribution < 1.29 is 14.0 Å². The number of hydrazone groups is 1. The number of carbonyl (C=O) groups excluding carboxylic acids is 2. The maximum absolute atomic E-state index is 13.6. The molecule has 5 rings (SSSR count). The van der Waals surface area contributed by atoms with Crippen molar-refractivity contribution in [1.82, 2.24) is 5.01 Å². The fraction of sp³-hybridized carbons (Fsp3) is 0.185. The van der Waals surface area contributed by atoms with E-state index in [2.05, 4.69) is 26.2 Å². The molecule has 0 spiro atoms. The molecule has 3 aromatic carbocycles. The van der Waals surface area contributed by atoms with E-state index in [1.165, 1.54) is 23.9 Å². The number of thioether (sulfide) groups is 1. The maximum atomic E-state index is 13.6. The second-order valence-electron chi connectivity index (χ2n) is 8.63. The number of nitrogens with one attached hydrogen (secondary N) is 1. The first-order valence-corrected chi connectivity index (χ1v) is 13.1. The Hall–Kier alpha value is -3.30. The highest BCUT2D eigenvalue weighted by atomic mass is 79.9. The van der Waals surface area contributed by atoms with E-state index in [1.54, 1.807) is 17.1 Å². The average molecular weight is 565 g/mol. The van der Waals surface area contributed by atoms with Gasteiger partial charge in [-0.15, -0.1) is 0 Å². The largest absolute Gasteiger partial charge is 0.326 e. The van der Waals surface area contributed by atoms with Crippen LogP contribution in [0.3, 0.4) is 0 Å². The molecule has 2 aliphatic heterocycles. The third kappa shape index (κ3) is 5.42. The molecule has 3 aromatic rings. The van der Waals surface area contributed by atoms with Gasteiger partial charge in [-0.1, -0.05) is 64.1 Å². The SMILES string of the molecule is Cc1cccc(NC(=O)CC2SC(N3N=C(c4cccc(Br)c4)CC3c3ccc(F)cc3)=NC2=O)c1. The molecule has 0 saturated carbocycles. The number of halogens is 2. The van der Waals surface area contributed by atoms with E-state index in [0.717, 1.165) is 26.9 Å². The minimum Gasteiger partial charge on any atom is -0.326 e. The zero-order valence-corrected chi connectivity index (χ0v) is 21.7. The van der Waals surface area contributed by atoms with Gasteiger partial charge in [0, 0.05) is 23.0 Å². The van der Waals surface area contributed by atoms with Gasteiger partial charge in [0.25, 0.3) is 5.91 Å². The highest BCUT2D eigenvalue weighted by molar-refractivity contribution is 9.10. The lowest BCUT2D eigenvalue weighted by molar-refractivity contribution is -0.121. The third-order valence-corrected chi connectivity index (χ3v) is 7.56. The Kier molecular flexibility index (Phi) is 7.02. The molecular formula is C27H22BrFN4O2S. The highest BCUT2D eigenvalue weighted by Gasteiger charge is 2.39. The molecule has 0 aliphatic carbocycles. The van der Waals surface area contributed by atoms with E-state index in [9.17, 15) is 14.0 Å². The van der Waals surface area contributed by atoms with Crippen LogP contribution < -0.4 is 5.32 Å². The molecule has 2 aliphatic rings. The van der Waals surface area contributed by atoms with Gasteiger partial charge in [0.2, 0.25) is 5.91 Å². The topological polar surface area (TPSA) is 74.1 Å². The highest BCUT2D eigenvalue weighted by Crippen LogP contribution is 2.39. The molecule has 9 heteroatoms. The van der Waals surface area contributed by atoms with Crippen LogP contribution in [0, 0.1) is 12.7 Å². The number of rotatable bonds is 5. The van der Waals surface area contributed by atoms with Gasteiger partial charge in [0.15, 0.2) is 5.17 Å². The molecule has 182 valence electrons. The van der Waals surface area contributed by atoms with Gasteiger partial charge in [0.1, 0.15) is 11.1 Å². The van der Waals surface area contributed by atoms with Crippen LogP contribution in [0.4, 0.5) is 10.1 Å². The van der Waals surface area contributed by atoms with Gasteiger partial charge in [-0.25, -0.2) is 9.40 Å². The van der Waals surface area contributed by atoms with Crippen LogP contribution in [0.1, 0.15) is 35.6 Å². The average Bonchev–Trinajstić information content (AvgIpc) is 3.44. The molecule has 2 amide bonds. The quantitative estimate of drug-likeness (QED) is 0.408. The van der Waals surface area contributed by atoms with Crippen LogP contribution in [-0.2, 0) is 9.59 Å². The number of nitrogens with zero attached hydrogens (tertiary/aromatic N) is 3. The lowest BCUT2D eigenvalue weighted by atomic mass is 9.98. The normalized spacial score (nSPS) is 19.3. The molecule has 0 radical (unpaired) electrons. The number of hydrogen-bond acceptors (Lipinski definition) is 5. The van der Waals surface area contributed by atoms with Crippen LogP contribution >= 0.6 is 27.7 Å². The molecule has 0 aromatic heterocycles. The van der Waals surface area contributed by atoms with Gasteiger partial charge in [0.05, 0.1) is 11.8 Å². The molecule has 0 fully saturated rings. The second kappa shape index (κ2) is 10.4. The summed E-state index contributed by atoms with van der Waals surface area (Å²) in [6.45, 7) is 1.95. The summed E-state index contributed by atoms with van der Waals surface area (Å²) in [5.41, 5.74) is 4.37. The number of amidine groups is 1. The summed E-state index contributed by atoms with van der Waals surface area (Å²) in [6, 6.07) is 21.4. The smallest absolute Gasteiger partial charge is 0.262 e. The van der Waals surface area contributed by atoms with E-state index < -0.39 is 5.25 Å². The summed E-state index contributed by atoms with van der Waals surface area (Å²) in [5.74, 6) is -0.935. The minimum atomic E-state index is -0.635. The van der Waals surface area contributed by atoms with Crippen molar-refractivity contribution in [3.05, 3.63) is 99.8 Å². The number of hydrogen-bond donors (Lipinski definition) is 1. The van der Waals surface area contributed by atoms with Crippen molar-refractivity contribution in [3.63, 3.8) is 0 Å². The first kappa shape index (κ1) is 24.4. The Morgan fingerprint density at radius 1 is 1.14 bits per heavy atom. The molecular weight excluding hydrogens is 543 g/mol. The Morgan fingerprint density at radius 2 is 1.92 bits per heavy atom. The summed E-state index contributed by atoms with van der Waals surface area (Å²) >= 11 is 4.74. The molecule has 2 heterocycles. The number of benzene rings is 3. The Morgan fingerprint density at radius 3 is 2.67 bits per heavy atom. The summed E-state index contributed by atoms with van der Waals surface area (Å²) in [7, 11) is 0. The lowest BCUT2D eigenvalue weighted by Crippen LogP contribution is -2.25. The van der Waals surface area contributed by atoms with E-state index in [0.29, 0.717) is 17.3 Å². The summed E-state index contributed by atoms with van der Waals surface area (Å²) in [6.07, 6.45) is 0.566. The predicted molar refractivity (Wildman–Crippen MR) is 145 cm³/mol. The lowest BCUT2D eigenvalue weighted by Gasteiger charge is -2.23.